The zero-order chi connectivity index (χ0) is 14.4. The molecule has 1 N–H and O–H groups in total. The number of Topliss-reactive ketones (excluding diaryl/α,β-unsaturated/α-hetero) is 1. The molecule has 2 aromatic carbocycles. The molecule has 0 bridgehead atoms. The van der Waals surface area contributed by atoms with Crippen LogP contribution in [0.1, 0.15) is 17.3 Å². The molecule has 0 heterocycles. The largest absolute Gasteiger partial charge is 0.494 e. The quantitative estimate of drug-likeness (QED) is 0.807. The lowest BCUT2D eigenvalue weighted by atomic mass is 10.1. The lowest BCUT2D eigenvalue weighted by Crippen LogP contribution is -2.14. The lowest BCUT2D eigenvalue weighted by Gasteiger charge is -2.07. The van der Waals surface area contributed by atoms with E-state index in [1.54, 1.807) is 12.1 Å². The number of ketones is 1. The van der Waals surface area contributed by atoms with Crippen molar-refractivity contribution in [1.29, 1.82) is 0 Å². The van der Waals surface area contributed by atoms with E-state index < -0.39 is 0 Å². The van der Waals surface area contributed by atoms with Gasteiger partial charge in [-0.1, -0.05) is 28.1 Å². The molecule has 0 radical (unpaired) electrons. The molecule has 4 heteroatoms. The summed E-state index contributed by atoms with van der Waals surface area (Å²) < 4.78 is 6.41. The molecule has 0 aliphatic heterocycles. The van der Waals surface area contributed by atoms with E-state index in [1.165, 1.54) is 0 Å². The number of ether oxygens (including phenoxy) is 1. The number of anilines is 1. The van der Waals surface area contributed by atoms with Crippen molar-refractivity contribution in [3.05, 3.63) is 58.6 Å². The van der Waals surface area contributed by atoms with Crippen LogP contribution in [-0.4, -0.2) is 18.9 Å². The summed E-state index contributed by atoms with van der Waals surface area (Å²) in [5.41, 5.74) is 1.57. The summed E-state index contributed by atoms with van der Waals surface area (Å²) in [5, 5.41) is 3.11. The average Bonchev–Trinajstić information content (AvgIpc) is 2.47. The van der Waals surface area contributed by atoms with Crippen LogP contribution in [0.3, 0.4) is 0 Å². The summed E-state index contributed by atoms with van der Waals surface area (Å²) in [4.78, 5) is 12.1. The van der Waals surface area contributed by atoms with Crippen LogP contribution in [0.4, 0.5) is 5.69 Å². The van der Waals surface area contributed by atoms with Gasteiger partial charge in [0.15, 0.2) is 5.78 Å². The van der Waals surface area contributed by atoms with E-state index in [4.69, 9.17) is 4.74 Å². The molecule has 0 unspecified atom stereocenters. The van der Waals surface area contributed by atoms with E-state index in [-0.39, 0.29) is 12.3 Å². The van der Waals surface area contributed by atoms with Gasteiger partial charge in [0, 0.05) is 15.7 Å². The van der Waals surface area contributed by atoms with Crippen LogP contribution in [0, 0.1) is 0 Å². The molecule has 104 valence electrons. The molecular weight excluding hydrogens is 318 g/mol. The highest BCUT2D eigenvalue weighted by molar-refractivity contribution is 9.10. The van der Waals surface area contributed by atoms with Crippen LogP contribution in [-0.2, 0) is 0 Å². The van der Waals surface area contributed by atoms with Crippen molar-refractivity contribution in [2.24, 2.45) is 0 Å². The van der Waals surface area contributed by atoms with Crippen molar-refractivity contribution in [2.45, 2.75) is 6.92 Å². The molecule has 0 aliphatic carbocycles. The maximum absolute atomic E-state index is 12.1. The first-order valence-electron chi connectivity index (χ1n) is 6.44. The van der Waals surface area contributed by atoms with E-state index in [2.05, 4.69) is 21.2 Å². The minimum Gasteiger partial charge on any atom is -0.494 e. The Balaban J connectivity index is 1.97. The Morgan fingerprint density at radius 1 is 1.20 bits per heavy atom. The first-order valence-corrected chi connectivity index (χ1v) is 7.24. The third-order valence-corrected chi connectivity index (χ3v) is 3.29. The van der Waals surface area contributed by atoms with Crippen molar-refractivity contribution in [2.75, 3.05) is 18.5 Å². The predicted molar refractivity (Wildman–Crippen MR) is 84.6 cm³/mol. The number of rotatable bonds is 6. The van der Waals surface area contributed by atoms with Crippen LogP contribution in [0.15, 0.2) is 53.0 Å². The molecule has 20 heavy (non-hydrogen) atoms. The van der Waals surface area contributed by atoms with Crippen LogP contribution in [0.25, 0.3) is 0 Å². The molecule has 0 spiro atoms. The van der Waals surface area contributed by atoms with Gasteiger partial charge in [0.05, 0.1) is 13.2 Å². The highest BCUT2D eigenvalue weighted by Gasteiger charge is 2.06. The van der Waals surface area contributed by atoms with Gasteiger partial charge in [-0.15, -0.1) is 0 Å². The van der Waals surface area contributed by atoms with Crippen LogP contribution in [0.5, 0.6) is 5.75 Å². The van der Waals surface area contributed by atoms with Crippen molar-refractivity contribution < 1.29 is 9.53 Å². The first kappa shape index (κ1) is 14.6. The van der Waals surface area contributed by atoms with Gasteiger partial charge in [0.1, 0.15) is 5.75 Å². The molecule has 0 aliphatic rings. The molecule has 0 saturated carbocycles. The van der Waals surface area contributed by atoms with Gasteiger partial charge in [0.25, 0.3) is 0 Å². The second kappa shape index (κ2) is 7.10. The number of hydrogen-bond donors (Lipinski definition) is 1. The fourth-order valence-corrected chi connectivity index (χ4v) is 2.04. The van der Waals surface area contributed by atoms with Crippen LogP contribution >= 0.6 is 15.9 Å². The van der Waals surface area contributed by atoms with Crippen molar-refractivity contribution in [1.82, 2.24) is 0 Å². The van der Waals surface area contributed by atoms with Gasteiger partial charge in [-0.2, -0.15) is 0 Å². The van der Waals surface area contributed by atoms with E-state index in [1.807, 2.05) is 43.3 Å². The lowest BCUT2D eigenvalue weighted by molar-refractivity contribution is 0.101. The summed E-state index contributed by atoms with van der Waals surface area (Å²) in [7, 11) is 0. The normalized spacial score (nSPS) is 10.1. The van der Waals surface area contributed by atoms with E-state index in [0.29, 0.717) is 12.2 Å². The van der Waals surface area contributed by atoms with E-state index >= 15 is 0 Å². The predicted octanol–water partition coefficient (Wildman–Crippen LogP) is 4.14. The fraction of sp³-hybridized carbons (Fsp3) is 0.188. The molecule has 0 atom stereocenters. The Morgan fingerprint density at radius 2 is 1.95 bits per heavy atom. The molecule has 3 nitrogen and oxygen atoms in total. The molecule has 0 fully saturated rings. The minimum atomic E-state index is 0.0365. The van der Waals surface area contributed by atoms with E-state index in [0.717, 1.165) is 15.9 Å². The summed E-state index contributed by atoms with van der Waals surface area (Å²) in [6.07, 6.45) is 0. The molecule has 0 saturated heterocycles. The first-order chi connectivity index (χ1) is 9.69. The topological polar surface area (TPSA) is 38.3 Å². The highest BCUT2D eigenvalue weighted by Crippen LogP contribution is 2.16. The molecule has 0 amide bonds. The second-order valence-electron chi connectivity index (χ2n) is 4.24. The van der Waals surface area contributed by atoms with Gasteiger partial charge < -0.3 is 10.1 Å². The zero-order valence-electron chi connectivity index (χ0n) is 11.2. The Bertz CT molecular complexity index is 581. The minimum absolute atomic E-state index is 0.0365. The Hall–Kier alpha value is -1.81. The van der Waals surface area contributed by atoms with E-state index in [9.17, 15) is 4.79 Å². The molecular formula is C16H16BrNO2. The summed E-state index contributed by atoms with van der Waals surface area (Å²) >= 11 is 3.38. The molecule has 0 aromatic heterocycles. The SMILES string of the molecule is CCOc1cccc(C(=O)CNc2ccc(Br)cc2)c1. The summed E-state index contributed by atoms with van der Waals surface area (Å²) in [6.45, 7) is 2.77. The Labute approximate surface area is 127 Å². The number of carbonyl (C=O) groups excluding carboxylic acids is 1. The van der Waals surface area contributed by atoms with Crippen molar-refractivity contribution >= 4 is 27.4 Å². The monoisotopic (exact) mass is 333 g/mol. The maximum atomic E-state index is 12.1. The zero-order valence-corrected chi connectivity index (χ0v) is 12.8. The van der Waals surface area contributed by atoms with Gasteiger partial charge in [0.2, 0.25) is 0 Å². The third-order valence-electron chi connectivity index (χ3n) is 2.76. The van der Waals surface area contributed by atoms with Crippen LogP contribution in [0.2, 0.25) is 0 Å². The van der Waals surface area contributed by atoms with Crippen molar-refractivity contribution in [3.8, 4) is 5.75 Å². The van der Waals surface area contributed by atoms with Crippen LogP contribution < -0.4 is 10.1 Å². The highest BCUT2D eigenvalue weighted by atomic mass is 79.9. The number of carbonyl (C=O) groups is 1. The maximum Gasteiger partial charge on any atom is 0.181 e. The smallest absolute Gasteiger partial charge is 0.181 e. The van der Waals surface area contributed by atoms with Gasteiger partial charge >= 0.3 is 0 Å². The number of hydrogen-bond acceptors (Lipinski definition) is 3. The fourth-order valence-electron chi connectivity index (χ4n) is 1.78. The Kier molecular flexibility index (Phi) is 5.18. The van der Waals surface area contributed by atoms with Gasteiger partial charge in [-0.3, -0.25) is 4.79 Å². The number of nitrogens with one attached hydrogen (secondary N) is 1. The molecule has 2 aromatic rings. The second-order valence-corrected chi connectivity index (χ2v) is 5.16. The molecule has 2 rings (SSSR count). The third kappa shape index (κ3) is 4.10. The number of halogens is 1. The summed E-state index contributed by atoms with van der Waals surface area (Å²) in [6, 6.07) is 15.0. The van der Waals surface area contributed by atoms with Gasteiger partial charge in [-0.05, 0) is 43.3 Å². The Morgan fingerprint density at radius 3 is 2.65 bits per heavy atom. The average molecular weight is 334 g/mol. The standard InChI is InChI=1S/C16H16BrNO2/c1-2-20-15-5-3-4-12(10-15)16(19)11-18-14-8-6-13(17)7-9-14/h3-10,18H,2,11H2,1H3. The number of benzene rings is 2. The van der Waals surface area contributed by atoms with Gasteiger partial charge in [-0.25, -0.2) is 0 Å². The summed E-state index contributed by atoms with van der Waals surface area (Å²) in [5.74, 6) is 0.761. The van der Waals surface area contributed by atoms with Crippen molar-refractivity contribution in [3.63, 3.8) is 0 Å².